The summed E-state index contributed by atoms with van der Waals surface area (Å²) in [6.45, 7) is 4.07. The van der Waals surface area contributed by atoms with Crippen molar-refractivity contribution in [2.45, 2.75) is 38.6 Å². The fourth-order valence-corrected chi connectivity index (χ4v) is 4.01. The SMILES string of the molecule is O=C(C1CCCCC1)N1CCN(Cc2nnnn2-c2ccccc2)CC1. The summed E-state index contributed by atoms with van der Waals surface area (Å²) in [6.07, 6.45) is 5.85. The zero-order valence-corrected chi connectivity index (χ0v) is 15.1. The van der Waals surface area contributed by atoms with E-state index in [0.717, 1.165) is 50.5 Å². The first kappa shape index (κ1) is 17.1. The summed E-state index contributed by atoms with van der Waals surface area (Å²) >= 11 is 0. The maximum absolute atomic E-state index is 12.7. The normalized spacial score (nSPS) is 19.6. The number of rotatable bonds is 4. The number of tetrazole rings is 1. The minimum absolute atomic E-state index is 0.265. The third-order valence-corrected chi connectivity index (χ3v) is 5.54. The van der Waals surface area contributed by atoms with Gasteiger partial charge in [-0.15, -0.1) is 5.10 Å². The molecule has 1 amide bonds. The number of nitrogens with zero attached hydrogens (tertiary/aromatic N) is 6. The van der Waals surface area contributed by atoms with Gasteiger partial charge in [0.2, 0.25) is 5.91 Å². The molecule has 1 aromatic heterocycles. The summed E-state index contributed by atoms with van der Waals surface area (Å²) in [6, 6.07) is 9.95. The van der Waals surface area contributed by atoms with E-state index >= 15 is 0 Å². The van der Waals surface area contributed by atoms with Crippen LogP contribution >= 0.6 is 0 Å². The van der Waals surface area contributed by atoms with Crippen LogP contribution in [0.2, 0.25) is 0 Å². The Labute approximate surface area is 154 Å². The van der Waals surface area contributed by atoms with Crippen LogP contribution in [0.15, 0.2) is 30.3 Å². The molecular weight excluding hydrogens is 328 g/mol. The fourth-order valence-electron chi connectivity index (χ4n) is 4.01. The molecule has 2 fully saturated rings. The molecular formula is C19H26N6O. The average Bonchev–Trinajstić information content (AvgIpc) is 3.17. The first-order valence-electron chi connectivity index (χ1n) is 9.65. The van der Waals surface area contributed by atoms with Gasteiger partial charge in [-0.2, -0.15) is 4.68 Å². The highest BCUT2D eigenvalue weighted by atomic mass is 16.2. The van der Waals surface area contributed by atoms with Crippen LogP contribution in [0.25, 0.3) is 5.69 Å². The van der Waals surface area contributed by atoms with Crippen molar-refractivity contribution in [1.82, 2.24) is 30.0 Å². The van der Waals surface area contributed by atoms with E-state index in [1.165, 1.54) is 19.3 Å². The number of hydrogen-bond acceptors (Lipinski definition) is 5. The third-order valence-electron chi connectivity index (χ3n) is 5.54. The summed E-state index contributed by atoms with van der Waals surface area (Å²) < 4.78 is 1.79. The quantitative estimate of drug-likeness (QED) is 0.839. The van der Waals surface area contributed by atoms with E-state index in [2.05, 4.69) is 25.3 Å². The van der Waals surface area contributed by atoms with Gasteiger partial charge in [0, 0.05) is 32.1 Å². The van der Waals surface area contributed by atoms with Crippen LogP contribution in [-0.2, 0) is 11.3 Å². The number of aromatic nitrogens is 4. The van der Waals surface area contributed by atoms with E-state index in [-0.39, 0.29) is 5.92 Å². The van der Waals surface area contributed by atoms with E-state index in [0.29, 0.717) is 12.5 Å². The van der Waals surface area contributed by atoms with Crippen molar-refractivity contribution < 1.29 is 4.79 Å². The molecule has 1 saturated carbocycles. The Kier molecular flexibility index (Phi) is 5.24. The summed E-state index contributed by atoms with van der Waals surface area (Å²) in [5.74, 6) is 1.47. The summed E-state index contributed by atoms with van der Waals surface area (Å²) in [4.78, 5) is 17.1. The molecule has 7 heteroatoms. The highest BCUT2D eigenvalue weighted by molar-refractivity contribution is 5.79. The Morgan fingerprint density at radius 2 is 1.73 bits per heavy atom. The van der Waals surface area contributed by atoms with Crippen molar-refractivity contribution in [2.75, 3.05) is 26.2 Å². The van der Waals surface area contributed by atoms with Crippen LogP contribution in [0.3, 0.4) is 0 Å². The van der Waals surface area contributed by atoms with E-state index in [4.69, 9.17) is 0 Å². The molecule has 0 spiro atoms. The maximum atomic E-state index is 12.7. The van der Waals surface area contributed by atoms with E-state index in [9.17, 15) is 4.79 Å². The summed E-state index contributed by atoms with van der Waals surface area (Å²) in [5, 5.41) is 12.2. The molecule has 0 radical (unpaired) electrons. The zero-order valence-electron chi connectivity index (χ0n) is 15.1. The number of carbonyl (C=O) groups is 1. The Hall–Kier alpha value is -2.28. The van der Waals surface area contributed by atoms with E-state index in [1.54, 1.807) is 4.68 Å². The smallest absolute Gasteiger partial charge is 0.225 e. The zero-order chi connectivity index (χ0) is 17.8. The first-order chi connectivity index (χ1) is 12.8. The van der Waals surface area contributed by atoms with Gasteiger partial charge in [-0.3, -0.25) is 9.69 Å². The molecule has 138 valence electrons. The topological polar surface area (TPSA) is 67.2 Å². The first-order valence-corrected chi connectivity index (χ1v) is 9.65. The van der Waals surface area contributed by atoms with Crippen LogP contribution in [0, 0.1) is 5.92 Å². The number of benzene rings is 1. The van der Waals surface area contributed by atoms with Gasteiger partial charge in [0.15, 0.2) is 5.82 Å². The summed E-state index contributed by atoms with van der Waals surface area (Å²) in [5.41, 5.74) is 0.971. The predicted molar refractivity (Wildman–Crippen MR) is 97.6 cm³/mol. The van der Waals surface area contributed by atoms with Crippen molar-refractivity contribution in [3.8, 4) is 5.69 Å². The van der Waals surface area contributed by atoms with Gasteiger partial charge < -0.3 is 4.90 Å². The fraction of sp³-hybridized carbons (Fsp3) is 0.579. The van der Waals surface area contributed by atoms with Crippen LogP contribution in [0.4, 0.5) is 0 Å². The van der Waals surface area contributed by atoms with Crippen molar-refractivity contribution in [3.05, 3.63) is 36.2 Å². The molecule has 1 aliphatic carbocycles. The van der Waals surface area contributed by atoms with Crippen molar-refractivity contribution in [3.63, 3.8) is 0 Å². The largest absolute Gasteiger partial charge is 0.340 e. The molecule has 0 unspecified atom stereocenters. The second-order valence-corrected chi connectivity index (χ2v) is 7.28. The third kappa shape index (κ3) is 3.77. The average molecular weight is 354 g/mol. The van der Waals surface area contributed by atoms with Crippen molar-refractivity contribution in [1.29, 1.82) is 0 Å². The molecule has 1 saturated heterocycles. The number of amides is 1. The molecule has 26 heavy (non-hydrogen) atoms. The molecule has 0 atom stereocenters. The number of carbonyl (C=O) groups excluding carboxylic acids is 1. The van der Waals surface area contributed by atoms with Crippen LogP contribution < -0.4 is 0 Å². The number of para-hydroxylation sites is 1. The van der Waals surface area contributed by atoms with E-state index in [1.807, 2.05) is 30.3 Å². The monoisotopic (exact) mass is 354 g/mol. The van der Waals surface area contributed by atoms with Crippen LogP contribution in [-0.4, -0.2) is 62.1 Å². The van der Waals surface area contributed by atoms with Gasteiger partial charge in [0.25, 0.3) is 0 Å². The van der Waals surface area contributed by atoms with Gasteiger partial charge in [0.1, 0.15) is 0 Å². The Morgan fingerprint density at radius 3 is 2.46 bits per heavy atom. The van der Waals surface area contributed by atoms with Crippen LogP contribution in [0.5, 0.6) is 0 Å². The van der Waals surface area contributed by atoms with Crippen molar-refractivity contribution >= 4 is 5.91 Å². The van der Waals surface area contributed by atoms with E-state index < -0.39 is 0 Å². The minimum Gasteiger partial charge on any atom is -0.340 e. The van der Waals surface area contributed by atoms with Gasteiger partial charge in [-0.1, -0.05) is 37.5 Å². The summed E-state index contributed by atoms with van der Waals surface area (Å²) in [7, 11) is 0. The number of hydrogen-bond donors (Lipinski definition) is 0. The van der Waals surface area contributed by atoms with Crippen molar-refractivity contribution in [2.24, 2.45) is 5.92 Å². The molecule has 1 aromatic carbocycles. The van der Waals surface area contributed by atoms with Gasteiger partial charge in [0.05, 0.1) is 12.2 Å². The molecule has 2 heterocycles. The predicted octanol–water partition coefficient (Wildman–Crippen LogP) is 1.89. The molecule has 2 aliphatic rings. The molecule has 2 aromatic rings. The lowest BCUT2D eigenvalue weighted by Crippen LogP contribution is -2.50. The number of piperazine rings is 1. The second-order valence-electron chi connectivity index (χ2n) is 7.28. The lowest BCUT2D eigenvalue weighted by Gasteiger charge is -2.36. The molecule has 7 nitrogen and oxygen atoms in total. The van der Waals surface area contributed by atoms with Gasteiger partial charge in [-0.25, -0.2) is 0 Å². The van der Waals surface area contributed by atoms with Gasteiger partial charge in [-0.05, 0) is 35.4 Å². The Morgan fingerprint density at radius 1 is 1.00 bits per heavy atom. The Balaban J connectivity index is 1.33. The molecule has 1 aliphatic heterocycles. The van der Waals surface area contributed by atoms with Crippen LogP contribution in [0.1, 0.15) is 37.9 Å². The highest BCUT2D eigenvalue weighted by Gasteiger charge is 2.28. The standard InChI is InChI=1S/C19H26N6O/c26-19(16-7-3-1-4-8-16)24-13-11-23(12-14-24)15-18-20-21-22-25(18)17-9-5-2-6-10-17/h2,5-6,9-10,16H,1,3-4,7-8,11-15H2. The second kappa shape index (κ2) is 7.95. The minimum atomic E-state index is 0.265. The lowest BCUT2D eigenvalue weighted by molar-refractivity contribution is -0.138. The lowest BCUT2D eigenvalue weighted by atomic mass is 9.88. The highest BCUT2D eigenvalue weighted by Crippen LogP contribution is 2.26. The molecule has 0 bridgehead atoms. The Bertz CT molecular complexity index is 717. The maximum Gasteiger partial charge on any atom is 0.225 e. The molecule has 4 rings (SSSR count). The van der Waals surface area contributed by atoms with Gasteiger partial charge >= 0.3 is 0 Å². The molecule has 0 N–H and O–H groups in total.